The third kappa shape index (κ3) is 4.65. The second-order valence-electron chi connectivity index (χ2n) is 6.51. The fourth-order valence-corrected chi connectivity index (χ4v) is 3.14. The minimum atomic E-state index is -0.406. The summed E-state index contributed by atoms with van der Waals surface area (Å²) in [5, 5.41) is 6.73. The van der Waals surface area contributed by atoms with Crippen LogP contribution in [0, 0.1) is 5.41 Å². The molecule has 1 aromatic carbocycles. The molecule has 1 saturated carbocycles. The molecule has 1 fully saturated rings. The Bertz CT molecular complexity index is 619. The van der Waals surface area contributed by atoms with Gasteiger partial charge in [0.2, 0.25) is 0 Å². The molecule has 138 valence electrons. The van der Waals surface area contributed by atoms with Crippen molar-refractivity contribution in [2.75, 3.05) is 27.8 Å². The number of ether oxygens (including phenoxy) is 2. The van der Waals surface area contributed by atoms with Crippen LogP contribution < -0.4 is 15.4 Å². The smallest absolute Gasteiger partial charge is 0.341 e. The molecule has 0 unspecified atom stereocenters. The second kappa shape index (κ2) is 8.74. The Labute approximate surface area is 150 Å². The molecule has 0 amide bonds. The molecule has 0 aromatic heterocycles. The van der Waals surface area contributed by atoms with E-state index in [2.05, 4.69) is 22.5 Å². The molecule has 1 aromatic rings. The zero-order chi connectivity index (χ0) is 18.3. The highest BCUT2D eigenvalue weighted by atomic mass is 16.5. The number of esters is 1. The average Bonchev–Trinajstić information content (AvgIpc) is 2.62. The van der Waals surface area contributed by atoms with Gasteiger partial charge in [-0.15, -0.1) is 0 Å². The van der Waals surface area contributed by atoms with Crippen molar-refractivity contribution in [3.05, 3.63) is 29.3 Å². The van der Waals surface area contributed by atoms with Crippen LogP contribution in [0.5, 0.6) is 5.75 Å². The lowest BCUT2D eigenvalue weighted by molar-refractivity contribution is 0.0597. The summed E-state index contributed by atoms with van der Waals surface area (Å²) in [6, 6.07) is 5.48. The largest absolute Gasteiger partial charge is 0.496 e. The summed E-state index contributed by atoms with van der Waals surface area (Å²) in [6.07, 6.45) is 5.09. The van der Waals surface area contributed by atoms with Gasteiger partial charge in [-0.3, -0.25) is 4.99 Å². The van der Waals surface area contributed by atoms with E-state index in [-0.39, 0.29) is 0 Å². The summed E-state index contributed by atoms with van der Waals surface area (Å²) in [5.74, 6) is 0.874. The van der Waals surface area contributed by atoms with Gasteiger partial charge in [-0.25, -0.2) is 4.79 Å². The molecule has 2 rings (SSSR count). The van der Waals surface area contributed by atoms with Gasteiger partial charge in [-0.05, 0) is 42.4 Å². The number of nitrogens with zero attached hydrogens (tertiary/aromatic N) is 1. The van der Waals surface area contributed by atoms with Gasteiger partial charge in [-0.2, -0.15) is 0 Å². The number of carbonyl (C=O) groups is 1. The molecule has 0 spiro atoms. The van der Waals surface area contributed by atoms with Crippen molar-refractivity contribution in [3.63, 3.8) is 0 Å². The molecule has 0 heterocycles. The molecule has 25 heavy (non-hydrogen) atoms. The molecule has 1 aliphatic carbocycles. The molecule has 6 heteroatoms. The summed E-state index contributed by atoms with van der Waals surface area (Å²) in [5.41, 5.74) is 1.81. The van der Waals surface area contributed by atoms with E-state index in [0.717, 1.165) is 18.1 Å². The predicted octanol–water partition coefficient (Wildman–Crippen LogP) is 2.73. The maximum absolute atomic E-state index is 11.9. The third-order valence-corrected chi connectivity index (χ3v) is 5.15. The van der Waals surface area contributed by atoms with Crippen molar-refractivity contribution in [3.8, 4) is 5.75 Å². The van der Waals surface area contributed by atoms with E-state index in [1.807, 2.05) is 6.07 Å². The lowest BCUT2D eigenvalue weighted by Gasteiger charge is -2.41. The number of hydrogen-bond donors (Lipinski definition) is 2. The predicted molar refractivity (Wildman–Crippen MR) is 99.1 cm³/mol. The maximum Gasteiger partial charge on any atom is 0.341 e. The van der Waals surface area contributed by atoms with Crippen molar-refractivity contribution in [1.29, 1.82) is 0 Å². The zero-order valence-electron chi connectivity index (χ0n) is 15.6. The minimum absolute atomic E-state index is 0.406. The van der Waals surface area contributed by atoms with Gasteiger partial charge in [0.05, 0.1) is 14.2 Å². The Morgan fingerprint density at radius 1 is 1.28 bits per heavy atom. The van der Waals surface area contributed by atoms with Crippen LogP contribution in [0.4, 0.5) is 0 Å². The summed E-state index contributed by atoms with van der Waals surface area (Å²) >= 11 is 0. The standard InChI is InChI=1S/C19H29N3O3/c1-5-19(9-6-10-19)13-22-18(20-2)21-12-14-7-8-16(24-3)15(11-14)17(23)25-4/h7-8,11H,5-6,9-10,12-13H2,1-4H3,(H2,20,21,22). The van der Waals surface area contributed by atoms with Crippen LogP contribution in [0.25, 0.3) is 0 Å². The molecule has 0 radical (unpaired) electrons. The summed E-state index contributed by atoms with van der Waals surface area (Å²) in [4.78, 5) is 16.2. The van der Waals surface area contributed by atoms with E-state index in [0.29, 0.717) is 23.3 Å². The topological polar surface area (TPSA) is 72.0 Å². The summed E-state index contributed by atoms with van der Waals surface area (Å²) in [7, 11) is 4.67. The molecule has 0 saturated heterocycles. The number of hydrogen-bond acceptors (Lipinski definition) is 4. The Kier molecular flexibility index (Phi) is 6.67. The van der Waals surface area contributed by atoms with Crippen molar-refractivity contribution < 1.29 is 14.3 Å². The second-order valence-corrected chi connectivity index (χ2v) is 6.51. The quantitative estimate of drug-likeness (QED) is 0.451. The van der Waals surface area contributed by atoms with Gasteiger partial charge in [0.1, 0.15) is 11.3 Å². The van der Waals surface area contributed by atoms with Crippen LogP contribution in [0.15, 0.2) is 23.2 Å². The number of rotatable bonds is 7. The molecule has 6 nitrogen and oxygen atoms in total. The summed E-state index contributed by atoms with van der Waals surface area (Å²) in [6.45, 7) is 3.76. The number of benzene rings is 1. The van der Waals surface area contributed by atoms with E-state index in [4.69, 9.17) is 9.47 Å². The van der Waals surface area contributed by atoms with Crippen LogP contribution in [0.2, 0.25) is 0 Å². The van der Waals surface area contributed by atoms with Crippen LogP contribution in [-0.2, 0) is 11.3 Å². The average molecular weight is 347 g/mol. The highest BCUT2D eigenvalue weighted by molar-refractivity contribution is 5.92. The number of aliphatic imine (C=N–C) groups is 1. The molecule has 0 bridgehead atoms. The first-order valence-corrected chi connectivity index (χ1v) is 8.77. The first kappa shape index (κ1) is 19.1. The van der Waals surface area contributed by atoms with Gasteiger partial charge in [-0.1, -0.05) is 19.4 Å². The fourth-order valence-electron chi connectivity index (χ4n) is 3.14. The number of methoxy groups -OCH3 is 2. The molecule has 0 atom stereocenters. The Hall–Kier alpha value is -2.24. The van der Waals surface area contributed by atoms with Crippen molar-refractivity contribution in [1.82, 2.24) is 10.6 Å². The van der Waals surface area contributed by atoms with E-state index in [1.165, 1.54) is 39.9 Å². The van der Waals surface area contributed by atoms with Gasteiger partial charge < -0.3 is 20.1 Å². The Morgan fingerprint density at radius 3 is 2.56 bits per heavy atom. The van der Waals surface area contributed by atoms with Gasteiger partial charge >= 0.3 is 5.97 Å². The molecule has 1 aliphatic rings. The monoisotopic (exact) mass is 347 g/mol. The lowest BCUT2D eigenvalue weighted by atomic mass is 9.67. The normalized spacial score (nSPS) is 15.9. The van der Waals surface area contributed by atoms with Gasteiger partial charge in [0.15, 0.2) is 5.96 Å². The van der Waals surface area contributed by atoms with Gasteiger partial charge in [0.25, 0.3) is 0 Å². The van der Waals surface area contributed by atoms with Crippen molar-refractivity contribution >= 4 is 11.9 Å². The number of carbonyl (C=O) groups excluding carboxylic acids is 1. The van der Waals surface area contributed by atoms with E-state index in [9.17, 15) is 4.79 Å². The minimum Gasteiger partial charge on any atom is -0.496 e. The highest BCUT2D eigenvalue weighted by Crippen LogP contribution is 2.42. The lowest BCUT2D eigenvalue weighted by Crippen LogP contribution is -2.46. The van der Waals surface area contributed by atoms with Crippen LogP contribution in [0.1, 0.15) is 48.5 Å². The molecular weight excluding hydrogens is 318 g/mol. The highest BCUT2D eigenvalue weighted by Gasteiger charge is 2.34. The Balaban J connectivity index is 1.95. The van der Waals surface area contributed by atoms with E-state index in [1.54, 1.807) is 19.2 Å². The van der Waals surface area contributed by atoms with Crippen LogP contribution >= 0.6 is 0 Å². The fraction of sp³-hybridized carbons (Fsp3) is 0.579. The summed E-state index contributed by atoms with van der Waals surface area (Å²) < 4.78 is 10.0. The number of nitrogens with one attached hydrogen (secondary N) is 2. The molecule has 2 N–H and O–H groups in total. The van der Waals surface area contributed by atoms with E-state index < -0.39 is 5.97 Å². The third-order valence-electron chi connectivity index (χ3n) is 5.15. The van der Waals surface area contributed by atoms with Crippen molar-refractivity contribution in [2.45, 2.75) is 39.2 Å². The van der Waals surface area contributed by atoms with Crippen LogP contribution in [0.3, 0.4) is 0 Å². The SMILES string of the molecule is CCC1(CNC(=NC)NCc2ccc(OC)c(C(=O)OC)c2)CCC1. The first-order valence-electron chi connectivity index (χ1n) is 8.77. The first-order chi connectivity index (χ1) is 12.1. The number of guanidine groups is 1. The zero-order valence-corrected chi connectivity index (χ0v) is 15.6. The van der Waals surface area contributed by atoms with E-state index >= 15 is 0 Å². The maximum atomic E-state index is 11.9. The Morgan fingerprint density at radius 2 is 2.04 bits per heavy atom. The van der Waals surface area contributed by atoms with Crippen LogP contribution in [-0.4, -0.2) is 39.7 Å². The molecule has 0 aliphatic heterocycles. The van der Waals surface area contributed by atoms with Gasteiger partial charge in [0, 0.05) is 20.1 Å². The van der Waals surface area contributed by atoms with Crippen molar-refractivity contribution in [2.24, 2.45) is 10.4 Å². The molecular formula is C19H29N3O3.